The van der Waals surface area contributed by atoms with Crippen molar-refractivity contribution in [2.24, 2.45) is 5.92 Å². The van der Waals surface area contributed by atoms with Crippen molar-refractivity contribution in [1.82, 2.24) is 0 Å². The van der Waals surface area contributed by atoms with Crippen LogP contribution in [0.2, 0.25) is 0 Å². The number of ether oxygens (including phenoxy) is 2. The lowest BCUT2D eigenvalue weighted by atomic mass is 10.1. The molecule has 96 valence electrons. The number of allylic oxidation sites excluding steroid dienone is 3. The van der Waals surface area contributed by atoms with Crippen molar-refractivity contribution in [3.63, 3.8) is 0 Å². The molecular formula is C13H20O4. The van der Waals surface area contributed by atoms with Crippen LogP contribution in [0.15, 0.2) is 24.3 Å². The summed E-state index contributed by atoms with van der Waals surface area (Å²) in [6.45, 7) is 5.88. The number of carbonyl (C=O) groups is 2. The van der Waals surface area contributed by atoms with E-state index in [-0.39, 0.29) is 13.2 Å². The number of carbonyl (C=O) groups excluding carboxylic acids is 2. The van der Waals surface area contributed by atoms with Gasteiger partial charge in [-0.2, -0.15) is 0 Å². The Kier molecular flexibility index (Phi) is 8.74. The normalized spacial score (nSPS) is 11.3. The van der Waals surface area contributed by atoms with Gasteiger partial charge in [-0.1, -0.05) is 31.2 Å². The molecule has 0 fully saturated rings. The summed E-state index contributed by atoms with van der Waals surface area (Å²) in [5.41, 5.74) is 0. The number of hydrogen-bond donors (Lipinski definition) is 0. The Morgan fingerprint density at radius 1 is 1.00 bits per heavy atom. The predicted molar refractivity (Wildman–Crippen MR) is 65.3 cm³/mol. The number of rotatable bonds is 7. The third-order valence-corrected chi connectivity index (χ3v) is 1.87. The zero-order valence-electron chi connectivity index (χ0n) is 10.6. The molecule has 0 saturated carbocycles. The maximum absolute atomic E-state index is 11.5. The highest BCUT2D eigenvalue weighted by molar-refractivity contribution is 5.97. The second-order valence-corrected chi connectivity index (χ2v) is 3.20. The van der Waals surface area contributed by atoms with Gasteiger partial charge < -0.3 is 9.47 Å². The third-order valence-electron chi connectivity index (χ3n) is 1.87. The zero-order valence-corrected chi connectivity index (χ0v) is 10.6. The van der Waals surface area contributed by atoms with Gasteiger partial charge in [-0.25, -0.2) is 0 Å². The van der Waals surface area contributed by atoms with Gasteiger partial charge >= 0.3 is 11.9 Å². The van der Waals surface area contributed by atoms with Crippen molar-refractivity contribution in [2.45, 2.75) is 27.2 Å². The van der Waals surface area contributed by atoms with E-state index in [2.05, 4.69) is 0 Å². The summed E-state index contributed by atoms with van der Waals surface area (Å²) >= 11 is 0. The Morgan fingerprint density at radius 2 is 1.53 bits per heavy atom. The van der Waals surface area contributed by atoms with E-state index in [9.17, 15) is 9.59 Å². The summed E-state index contributed by atoms with van der Waals surface area (Å²) in [6.07, 6.45) is 7.74. The van der Waals surface area contributed by atoms with Crippen LogP contribution < -0.4 is 0 Å². The minimum Gasteiger partial charge on any atom is -0.465 e. The van der Waals surface area contributed by atoms with E-state index >= 15 is 0 Å². The summed E-state index contributed by atoms with van der Waals surface area (Å²) < 4.78 is 9.63. The van der Waals surface area contributed by atoms with Crippen LogP contribution in [0.4, 0.5) is 0 Å². The Balaban J connectivity index is 4.60. The fourth-order valence-electron chi connectivity index (χ4n) is 1.11. The highest BCUT2D eigenvalue weighted by Gasteiger charge is 2.26. The lowest BCUT2D eigenvalue weighted by Crippen LogP contribution is -2.26. The Morgan fingerprint density at radius 3 is 1.94 bits per heavy atom. The molecule has 0 rings (SSSR count). The molecule has 0 aliphatic carbocycles. The van der Waals surface area contributed by atoms with E-state index in [1.807, 2.05) is 13.0 Å². The van der Waals surface area contributed by atoms with Crippen LogP contribution in [-0.2, 0) is 19.1 Å². The smallest absolute Gasteiger partial charge is 0.324 e. The molecule has 4 heteroatoms. The van der Waals surface area contributed by atoms with E-state index in [4.69, 9.17) is 9.47 Å². The molecule has 4 nitrogen and oxygen atoms in total. The molecule has 0 N–H and O–H groups in total. The molecule has 0 atom stereocenters. The summed E-state index contributed by atoms with van der Waals surface area (Å²) in [7, 11) is 0. The monoisotopic (exact) mass is 240 g/mol. The van der Waals surface area contributed by atoms with E-state index < -0.39 is 17.9 Å². The second-order valence-electron chi connectivity index (χ2n) is 3.20. The first-order chi connectivity index (χ1) is 8.17. The van der Waals surface area contributed by atoms with Crippen molar-refractivity contribution in [3.05, 3.63) is 24.3 Å². The molecule has 0 aromatic heterocycles. The summed E-state index contributed by atoms with van der Waals surface area (Å²) in [6, 6.07) is 0. The van der Waals surface area contributed by atoms with Crippen LogP contribution in [0.1, 0.15) is 27.2 Å². The van der Waals surface area contributed by atoms with Crippen molar-refractivity contribution < 1.29 is 19.1 Å². The Hall–Kier alpha value is -1.58. The van der Waals surface area contributed by atoms with Crippen LogP contribution in [0.25, 0.3) is 0 Å². The van der Waals surface area contributed by atoms with Gasteiger partial charge in [0.15, 0.2) is 5.92 Å². The number of esters is 2. The van der Waals surface area contributed by atoms with Crippen LogP contribution in [0, 0.1) is 5.92 Å². The average molecular weight is 240 g/mol. The van der Waals surface area contributed by atoms with Crippen molar-refractivity contribution >= 4 is 11.9 Å². The van der Waals surface area contributed by atoms with Crippen LogP contribution in [0.3, 0.4) is 0 Å². The van der Waals surface area contributed by atoms with Crippen molar-refractivity contribution in [2.75, 3.05) is 13.2 Å². The molecule has 0 aliphatic rings. The SMILES string of the molecule is CC/C=C/C=C/C(C(=O)OCC)C(=O)OCC. The van der Waals surface area contributed by atoms with Gasteiger partial charge in [-0.15, -0.1) is 0 Å². The second kappa shape index (κ2) is 9.63. The maximum Gasteiger partial charge on any atom is 0.324 e. The van der Waals surface area contributed by atoms with Crippen molar-refractivity contribution in [1.29, 1.82) is 0 Å². The molecule has 0 aromatic rings. The highest BCUT2D eigenvalue weighted by atomic mass is 16.6. The lowest BCUT2D eigenvalue weighted by Gasteiger charge is -2.10. The largest absolute Gasteiger partial charge is 0.465 e. The summed E-state index contributed by atoms with van der Waals surface area (Å²) in [5, 5.41) is 0. The van der Waals surface area contributed by atoms with E-state index in [1.54, 1.807) is 26.0 Å². The minimum atomic E-state index is -0.976. The van der Waals surface area contributed by atoms with Gasteiger partial charge in [0.05, 0.1) is 13.2 Å². The molecule has 0 bridgehead atoms. The highest BCUT2D eigenvalue weighted by Crippen LogP contribution is 2.06. The first-order valence-corrected chi connectivity index (χ1v) is 5.83. The fraction of sp³-hybridized carbons (Fsp3) is 0.538. The first kappa shape index (κ1) is 15.4. The molecule has 0 aliphatic heterocycles. The van der Waals surface area contributed by atoms with Crippen molar-refractivity contribution in [3.8, 4) is 0 Å². The minimum absolute atomic E-state index is 0.243. The molecular weight excluding hydrogens is 220 g/mol. The fourth-order valence-corrected chi connectivity index (χ4v) is 1.11. The summed E-state index contributed by atoms with van der Waals surface area (Å²) in [5.74, 6) is -2.13. The molecule has 0 spiro atoms. The predicted octanol–water partition coefficient (Wildman–Crippen LogP) is 2.25. The van der Waals surface area contributed by atoms with Gasteiger partial charge in [0.2, 0.25) is 0 Å². The quantitative estimate of drug-likeness (QED) is 0.389. The molecule has 0 aromatic carbocycles. The van der Waals surface area contributed by atoms with E-state index in [1.165, 1.54) is 6.08 Å². The Bertz CT molecular complexity index is 274. The molecule has 0 heterocycles. The third kappa shape index (κ3) is 6.56. The number of hydrogen-bond acceptors (Lipinski definition) is 4. The average Bonchev–Trinajstić information content (AvgIpc) is 2.29. The first-order valence-electron chi connectivity index (χ1n) is 5.83. The molecule has 17 heavy (non-hydrogen) atoms. The molecule has 0 saturated heterocycles. The van der Waals surface area contributed by atoms with Gasteiger partial charge in [-0.05, 0) is 20.3 Å². The van der Waals surface area contributed by atoms with Gasteiger partial charge in [0.25, 0.3) is 0 Å². The van der Waals surface area contributed by atoms with Crippen LogP contribution in [-0.4, -0.2) is 25.2 Å². The lowest BCUT2D eigenvalue weighted by molar-refractivity contribution is -0.158. The standard InChI is InChI=1S/C13H20O4/c1-4-7-8-9-10-11(12(14)16-5-2)13(15)17-6-3/h7-11H,4-6H2,1-3H3/b8-7+,10-9+. The van der Waals surface area contributed by atoms with E-state index in [0.29, 0.717) is 0 Å². The van der Waals surface area contributed by atoms with Gasteiger partial charge in [0, 0.05) is 0 Å². The maximum atomic E-state index is 11.5. The molecule has 0 amide bonds. The zero-order chi connectivity index (χ0) is 13.1. The van der Waals surface area contributed by atoms with Crippen LogP contribution >= 0.6 is 0 Å². The molecule has 0 unspecified atom stereocenters. The summed E-state index contributed by atoms with van der Waals surface area (Å²) in [4.78, 5) is 23.0. The van der Waals surface area contributed by atoms with Crippen LogP contribution in [0.5, 0.6) is 0 Å². The molecule has 0 radical (unpaired) electrons. The Labute approximate surface area is 102 Å². The van der Waals surface area contributed by atoms with Gasteiger partial charge in [-0.3, -0.25) is 9.59 Å². The van der Waals surface area contributed by atoms with E-state index in [0.717, 1.165) is 6.42 Å². The van der Waals surface area contributed by atoms with Gasteiger partial charge in [0.1, 0.15) is 0 Å². The topological polar surface area (TPSA) is 52.6 Å².